The fraction of sp³-hybridized carbons (Fsp3) is 1.00. The highest BCUT2D eigenvalue weighted by Crippen LogP contribution is 2.38. The Labute approximate surface area is 147 Å². The van der Waals surface area contributed by atoms with Crippen LogP contribution in [0.5, 0.6) is 0 Å². The van der Waals surface area contributed by atoms with Crippen molar-refractivity contribution in [2.24, 2.45) is 0 Å². The molecule has 0 amide bonds. The summed E-state index contributed by atoms with van der Waals surface area (Å²) in [4.78, 5) is 0. The molecule has 3 nitrogen and oxygen atoms in total. The van der Waals surface area contributed by atoms with Crippen molar-refractivity contribution in [3.8, 4) is 0 Å². The number of rotatable bonds is 6. The van der Waals surface area contributed by atoms with Crippen LogP contribution in [0, 0.1) is 0 Å². The molecule has 0 saturated carbocycles. The van der Waals surface area contributed by atoms with Gasteiger partial charge in [-0.15, -0.1) is 0 Å². The van der Waals surface area contributed by atoms with Crippen LogP contribution in [0.15, 0.2) is 0 Å². The van der Waals surface area contributed by atoms with E-state index in [-0.39, 0.29) is 10.1 Å². The van der Waals surface area contributed by atoms with Gasteiger partial charge in [0.1, 0.15) is 0 Å². The van der Waals surface area contributed by atoms with Crippen LogP contribution in [0.3, 0.4) is 0 Å². The maximum atomic E-state index is 6.37. The third-order valence-corrected chi connectivity index (χ3v) is 15.2. The van der Waals surface area contributed by atoms with Gasteiger partial charge in [0, 0.05) is 25.3 Å². The molecule has 2 atom stereocenters. The molecule has 0 unspecified atom stereocenters. The molecule has 1 heterocycles. The molecule has 0 aromatic heterocycles. The minimum absolute atomic E-state index is 0.288. The van der Waals surface area contributed by atoms with Crippen LogP contribution >= 0.6 is 0 Å². The number of hydrogen-bond donors (Lipinski definition) is 1. The molecule has 138 valence electrons. The zero-order chi connectivity index (χ0) is 18.1. The maximum Gasteiger partial charge on any atom is 0.192 e. The summed E-state index contributed by atoms with van der Waals surface area (Å²) in [6.07, 6.45) is 2.42. The molecule has 0 spiro atoms. The first-order chi connectivity index (χ1) is 10.2. The van der Waals surface area contributed by atoms with Crippen molar-refractivity contribution in [2.75, 3.05) is 13.2 Å². The van der Waals surface area contributed by atoms with Crippen LogP contribution in [0.4, 0.5) is 0 Å². The molecule has 1 aliphatic rings. The fourth-order valence-corrected chi connectivity index (χ4v) is 4.32. The highest BCUT2D eigenvalue weighted by molar-refractivity contribution is 6.74. The summed E-state index contributed by atoms with van der Waals surface area (Å²) in [5, 5.41) is 4.31. The van der Waals surface area contributed by atoms with Crippen molar-refractivity contribution in [1.29, 1.82) is 0 Å². The van der Waals surface area contributed by atoms with Gasteiger partial charge in [0.25, 0.3) is 0 Å². The van der Waals surface area contributed by atoms with Crippen molar-refractivity contribution in [3.63, 3.8) is 0 Å². The van der Waals surface area contributed by atoms with Crippen LogP contribution in [-0.2, 0) is 8.85 Å². The van der Waals surface area contributed by atoms with Crippen molar-refractivity contribution in [3.05, 3.63) is 0 Å². The van der Waals surface area contributed by atoms with Gasteiger partial charge in [-0.1, -0.05) is 41.5 Å². The van der Waals surface area contributed by atoms with Gasteiger partial charge < -0.3 is 14.2 Å². The third-order valence-electron chi connectivity index (χ3n) is 6.24. The highest BCUT2D eigenvalue weighted by Gasteiger charge is 2.40. The Morgan fingerprint density at radius 1 is 0.739 bits per heavy atom. The Hall–Kier alpha value is 0.314. The smallest absolute Gasteiger partial charge is 0.192 e. The molecule has 5 heteroatoms. The summed E-state index contributed by atoms with van der Waals surface area (Å²) in [5.41, 5.74) is 0. The van der Waals surface area contributed by atoms with E-state index < -0.39 is 16.6 Å². The van der Waals surface area contributed by atoms with Gasteiger partial charge in [0.2, 0.25) is 0 Å². The van der Waals surface area contributed by atoms with E-state index in [1.165, 1.54) is 12.8 Å². The molecular formula is C18H41NO2Si2. The van der Waals surface area contributed by atoms with Crippen LogP contribution in [0.25, 0.3) is 0 Å². The Kier molecular flexibility index (Phi) is 6.76. The second-order valence-electron chi connectivity index (χ2n) is 10.3. The highest BCUT2D eigenvalue weighted by atomic mass is 28.4. The summed E-state index contributed by atoms with van der Waals surface area (Å²) in [5.74, 6) is 0. The first-order valence-corrected chi connectivity index (χ1v) is 15.0. The molecule has 1 aliphatic heterocycles. The molecule has 0 aliphatic carbocycles. The van der Waals surface area contributed by atoms with E-state index in [0.717, 1.165) is 13.2 Å². The average Bonchev–Trinajstić information content (AvgIpc) is 2.79. The SMILES string of the molecule is CC(C)(C)[Si](C)(C)OC[C@@H]1CC[C@@H](CO[Si](C)(C)C(C)(C)C)N1. The van der Waals surface area contributed by atoms with Gasteiger partial charge in [-0.05, 0) is 49.1 Å². The second-order valence-corrected chi connectivity index (χ2v) is 19.9. The normalized spacial score (nSPS) is 24.3. The lowest BCUT2D eigenvalue weighted by Crippen LogP contribution is -2.46. The molecule has 0 aromatic rings. The molecule has 1 fully saturated rings. The number of nitrogens with one attached hydrogen (secondary N) is 1. The molecule has 1 N–H and O–H groups in total. The molecule has 1 rings (SSSR count). The quantitative estimate of drug-likeness (QED) is 0.665. The Bertz CT molecular complexity index is 347. The lowest BCUT2D eigenvalue weighted by atomic mass is 10.2. The zero-order valence-electron chi connectivity index (χ0n) is 17.3. The van der Waals surface area contributed by atoms with Gasteiger partial charge in [-0.25, -0.2) is 0 Å². The first kappa shape index (κ1) is 21.4. The average molecular weight is 360 g/mol. The fourth-order valence-electron chi connectivity index (χ4n) is 2.22. The van der Waals surface area contributed by atoms with Crippen LogP contribution < -0.4 is 5.32 Å². The van der Waals surface area contributed by atoms with E-state index in [1.807, 2.05) is 0 Å². The van der Waals surface area contributed by atoms with E-state index in [4.69, 9.17) is 8.85 Å². The molecule has 0 aromatic carbocycles. The van der Waals surface area contributed by atoms with Gasteiger partial charge in [-0.3, -0.25) is 0 Å². The van der Waals surface area contributed by atoms with Gasteiger partial charge in [0.15, 0.2) is 16.6 Å². The monoisotopic (exact) mass is 359 g/mol. The molecule has 1 saturated heterocycles. The summed E-state index contributed by atoms with van der Waals surface area (Å²) in [6, 6.07) is 0.995. The van der Waals surface area contributed by atoms with Crippen molar-refractivity contribution >= 4 is 16.6 Å². The van der Waals surface area contributed by atoms with Crippen LogP contribution in [-0.4, -0.2) is 41.9 Å². The molecular weight excluding hydrogens is 318 g/mol. The van der Waals surface area contributed by atoms with E-state index in [2.05, 4.69) is 73.0 Å². The van der Waals surface area contributed by atoms with Crippen LogP contribution in [0.1, 0.15) is 54.4 Å². The maximum absolute atomic E-state index is 6.37. The molecule has 0 bridgehead atoms. The largest absolute Gasteiger partial charge is 0.415 e. The predicted octanol–water partition coefficient (Wildman–Crippen LogP) is 5.15. The van der Waals surface area contributed by atoms with E-state index in [9.17, 15) is 0 Å². The molecule has 0 radical (unpaired) electrons. The standard InChI is InChI=1S/C18H41NO2Si2/c1-17(2,3)22(7,8)20-13-15-11-12-16(19-15)14-21-23(9,10)18(4,5)6/h15-16,19H,11-14H2,1-10H3/t15-,16-/m0/s1. The third kappa shape index (κ3) is 5.96. The Balaban J connectivity index is 2.40. The zero-order valence-corrected chi connectivity index (χ0v) is 19.3. The summed E-state index contributed by atoms with van der Waals surface area (Å²) >= 11 is 0. The van der Waals surface area contributed by atoms with Crippen molar-refractivity contribution in [1.82, 2.24) is 5.32 Å². The summed E-state index contributed by atoms with van der Waals surface area (Å²) in [7, 11) is -3.26. The van der Waals surface area contributed by atoms with Gasteiger partial charge in [-0.2, -0.15) is 0 Å². The van der Waals surface area contributed by atoms with Crippen molar-refractivity contribution < 1.29 is 8.85 Å². The first-order valence-electron chi connectivity index (χ1n) is 9.20. The van der Waals surface area contributed by atoms with Gasteiger partial charge in [0.05, 0.1) is 0 Å². The van der Waals surface area contributed by atoms with Crippen LogP contribution in [0.2, 0.25) is 36.3 Å². The van der Waals surface area contributed by atoms with E-state index in [1.54, 1.807) is 0 Å². The predicted molar refractivity (Wildman–Crippen MR) is 106 cm³/mol. The summed E-state index contributed by atoms with van der Waals surface area (Å²) in [6.45, 7) is 24.9. The lowest BCUT2D eigenvalue weighted by molar-refractivity contribution is 0.228. The Morgan fingerprint density at radius 3 is 1.30 bits per heavy atom. The molecule has 23 heavy (non-hydrogen) atoms. The minimum atomic E-state index is -1.63. The second kappa shape index (κ2) is 7.28. The number of hydrogen-bond acceptors (Lipinski definition) is 3. The summed E-state index contributed by atoms with van der Waals surface area (Å²) < 4.78 is 12.7. The lowest BCUT2D eigenvalue weighted by Gasteiger charge is -2.37. The Morgan fingerprint density at radius 2 is 1.04 bits per heavy atom. The van der Waals surface area contributed by atoms with E-state index in [0.29, 0.717) is 12.1 Å². The minimum Gasteiger partial charge on any atom is -0.415 e. The topological polar surface area (TPSA) is 30.5 Å². The van der Waals surface area contributed by atoms with Crippen molar-refractivity contribution in [2.45, 2.75) is 103 Å². The van der Waals surface area contributed by atoms with Gasteiger partial charge >= 0.3 is 0 Å². The van der Waals surface area contributed by atoms with E-state index >= 15 is 0 Å².